The lowest BCUT2D eigenvalue weighted by Crippen LogP contribution is -2.25. The lowest BCUT2D eigenvalue weighted by Gasteiger charge is -2.14. The molecule has 0 aliphatic rings. The van der Waals surface area contributed by atoms with Gasteiger partial charge in [0, 0.05) is 27.8 Å². The third-order valence-corrected chi connectivity index (χ3v) is 4.34. The second-order valence-corrected chi connectivity index (χ2v) is 6.12. The number of nitrogens with two attached hydrogens (primary N) is 1. The first kappa shape index (κ1) is 16.8. The highest BCUT2D eigenvalue weighted by Gasteiger charge is 2.25. The molecule has 0 fully saturated rings. The van der Waals surface area contributed by atoms with Gasteiger partial charge in [-0.05, 0) is 38.5 Å². The van der Waals surface area contributed by atoms with Crippen molar-refractivity contribution in [1.82, 2.24) is 4.98 Å². The predicted molar refractivity (Wildman–Crippen MR) is 97.8 cm³/mol. The van der Waals surface area contributed by atoms with Crippen LogP contribution in [0.2, 0.25) is 0 Å². The van der Waals surface area contributed by atoms with Crippen LogP contribution in [0.5, 0.6) is 0 Å². The fourth-order valence-corrected chi connectivity index (χ4v) is 2.93. The maximum atomic E-state index is 12.8. The Morgan fingerprint density at radius 3 is 2.56 bits per heavy atom. The standard InChI is InChI=1S/C20H20N2O3/c1-11-7-6-9-15(18(11)21)20(24)25-13(3)19(23)17-12(2)22-16-10-5-4-8-14(16)17/h4-10,13,22H,21H2,1-3H3. The van der Waals surface area contributed by atoms with Crippen molar-refractivity contribution in [3.63, 3.8) is 0 Å². The van der Waals surface area contributed by atoms with Crippen molar-refractivity contribution in [2.45, 2.75) is 26.9 Å². The maximum absolute atomic E-state index is 12.8. The molecule has 3 aromatic rings. The number of esters is 1. The van der Waals surface area contributed by atoms with Gasteiger partial charge in [-0.3, -0.25) is 4.79 Å². The zero-order valence-corrected chi connectivity index (χ0v) is 14.4. The molecule has 3 rings (SSSR count). The number of aromatic nitrogens is 1. The van der Waals surface area contributed by atoms with Gasteiger partial charge in [0.05, 0.1) is 5.56 Å². The molecule has 2 aromatic carbocycles. The zero-order valence-electron chi connectivity index (χ0n) is 14.4. The first-order valence-electron chi connectivity index (χ1n) is 8.07. The molecule has 1 atom stereocenters. The molecule has 128 valence electrons. The van der Waals surface area contributed by atoms with Crippen LogP contribution >= 0.6 is 0 Å². The van der Waals surface area contributed by atoms with E-state index in [1.807, 2.05) is 44.2 Å². The van der Waals surface area contributed by atoms with Gasteiger partial charge in [0.2, 0.25) is 5.78 Å². The average molecular weight is 336 g/mol. The van der Waals surface area contributed by atoms with Gasteiger partial charge < -0.3 is 15.5 Å². The average Bonchev–Trinajstić information content (AvgIpc) is 2.92. The number of Topliss-reactive ketones (excluding diaryl/α,β-unsaturated/α-hetero) is 1. The number of anilines is 1. The third kappa shape index (κ3) is 3.01. The van der Waals surface area contributed by atoms with Gasteiger partial charge in [-0.25, -0.2) is 4.79 Å². The molecule has 0 amide bonds. The Morgan fingerprint density at radius 1 is 1.08 bits per heavy atom. The molecule has 0 aliphatic heterocycles. The highest BCUT2D eigenvalue weighted by molar-refractivity contribution is 6.12. The molecule has 0 aliphatic carbocycles. The summed E-state index contributed by atoms with van der Waals surface area (Å²) in [5.41, 5.74) is 9.56. The van der Waals surface area contributed by atoms with E-state index >= 15 is 0 Å². The van der Waals surface area contributed by atoms with Gasteiger partial charge in [0.1, 0.15) is 0 Å². The number of para-hydroxylation sites is 2. The van der Waals surface area contributed by atoms with Gasteiger partial charge in [-0.1, -0.05) is 30.3 Å². The molecule has 3 N–H and O–H groups in total. The number of nitrogens with one attached hydrogen (secondary N) is 1. The van der Waals surface area contributed by atoms with E-state index in [2.05, 4.69) is 4.98 Å². The molecule has 5 nitrogen and oxygen atoms in total. The van der Waals surface area contributed by atoms with Crippen molar-refractivity contribution in [3.8, 4) is 0 Å². The summed E-state index contributed by atoms with van der Waals surface area (Å²) in [5.74, 6) is -0.839. The van der Waals surface area contributed by atoms with Gasteiger partial charge in [-0.15, -0.1) is 0 Å². The van der Waals surface area contributed by atoms with Crippen LogP contribution in [-0.4, -0.2) is 22.8 Å². The maximum Gasteiger partial charge on any atom is 0.340 e. The number of ketones is 1. The fraction of sp³-hybridized carbons (Fsp3) is 0.200. The Balaban J connectivity index is 1.86. The molecule has 0 radical (unpaired) electrons. The summed E-state index contributed by atoms with van der Waals surface area (Å²) in [7, 11) is 0. The third-order valence-electron chi connectivity index (χ3n) is 4.34. The van der Waals surface area contributed by atoms with Crippen LogP contribution in [0.3, 0.4) is 0 Å². The minimum absolute atomic E-state index is 0.241. The monoisotopic (exact) mass is 336 g/mol. The molecule has 1 aromatic heterocycles. The molecule has 0 spiro atoms. The number of carbonyl (C=O) groups excluding carboxylic acids is 2. The van der Waals surface area contributed by atoms with Gasteiger partial charge in [0.15, 0.2) is 6.10 Å². The summed E-state index contributed by atoms with van der Waals surface area (Å²) >= 11 is 0. The van der Waals surface area contributed by atoms with Crippen LogP contribution in [0.1, 0.15) is 38.9 Å². The Kier molecular flexibility index (Phi) is 4.31. The van der Waals surface area contributed by atoms with Gasteiger partial charge in [0.25, 0.3) is 0 Å². The van der Waals surface area contributed by atoms with E-state index in [0.717, 1.165) is 22.2 Å². The largest absolute Gasteiger partial charge is 0.451 e. The smallest absolute Gasteiger partial charge is 0.340 e. The van der Waals surface area contributed by atoms with Gasteiger partial charge in [-0.2, -0.15) is 0 Å². The summed E-state index contributed by atoms with van der Waals surface area (Å²) < 4.78 is 5.38. The van der Waals surface area contributed by atoms with E-state index in [4.69, 9.17) is 10.5 Å². The van der Waals surface area contributed by atoms with E-state index < -0.39 is 12.1 Å². The van der Waals surface area contributed by atoms with E-state index in [0.29, 0.717) is 11.3 Å². The van der Waals surface area contributed by atoms with E-state index in [9.17, 15) is 9.59 Å². The van der Waals surface area contributed by atoms with Crippen molar-refractivity contribution in [1.29, 1.82) is 0 Å². The zero-order chi connectivity index (χ0) is 18.1. The molecule has 1 heterocycles. The highest BCUT2D eigenvalue weighted by atomic mass is 16.5. The Labute approximate surface area is 145 Å². The molecule has 25 heavy (non-hydrogen) atoms. The summed E-state index contributed by atoms with van der Waals surface area (Å²) in [6, 6.07) is 12.7. The number of nitrogen functional groups attached to an aromatic ring is 1. The van der Waals surface area contributed by atoms with Crippen LogP contribution in [0.25, 0.3) is 10.9 Å². The van der Waals surface area contributed by atoms with Crippen molar-refractivity contribution < 1.29 is 14.3 Å². The minimum Gasteiger partial charge on any atom is -0.451 e. The molecular formula is C20H20N2O3. The van der Waals surface area contributed by atoms with Crippen LogP contribution in [0.4, 0.5) is 5.69 Å². The van der Waals surface area contributed by atoms with E-state index in [1.165, 1.54) is 0 Å². The fourth-order valence-electron chi connectivity index (χ4n) is 2.93. The number of rotatable bonds is 4. The molecule has 0 saturated carbocycles. The number of fused-ring (bicyclic) bond motifs is 1. The second-order valence-electron chi connectivity index (χ2n) is 6.12. The number of ether oxygens (including phenoxy) is 1. The van der Waals surface area contributed by atoms with Crippen LogP contribution < -0.4 is 5.73 Å². The number of H-pyrrole nitrogens is 1. The van der Waals surface area contributed by atoms with Crippen molar-refractivity contribution in [2.24, 2.45) is 0 Å². The Morgan fingerprint density at radius 2 is 1.80 bits per heavy atom. The second kappa shape index (κ2) is 6.43. The predicted octanol–water partition coefficient (Wildman–Crippen LogP) is 3.80. The quantitative estimate of drug-likeness (QED) is 0.431. The molecule has 1 unspecified atom stereocenters. The Hall–Kier alpha value is -3.08. The van der Waals surface area contributed by atoms with Crippen LogP contribution in [0, 0.1) is 13.8 Å². The van der Waals surface area contributed by atoms with Crippen LogP contribution in [-0.2, 0) is 4.74 Å². The molecule has 5 heteroatoms. The first-order chi connectivity index (χ1) is 11.9. The number of carbonyl (C=O) groups is 2. The minimum atomic E-state index is -0.912. The lowest BCUT2D eigenvalue weighted by molar-refractivity contribution is 0.0320. The number of benzene rings is 2. The number of aromatic amines is 1. The van der Waals surface area contributed by atoms with Crippen LogP contribution in [0.15, 0.2) is 42.5 Å². The number of hydrogen-bond acceptors (Lipinski definition) is 4. The topological polar surface area (TPSA) is 85.2 Å². The first-order valence-corrected chi connectivity index (χ1v) is 8.07. The SMILES string of the molecule is Cc1cccc(C(=O)OC(C)C(=O)c2c(C)[nH]c3ccccc23)c1N. The van der Waals surface area contributed by atoms with Crippen molar-refractivity contribution in [3.05, 3.63) is 64.8 Å². The number of hydrogen-bond donors (Lipinski definition) is 2. The van der Waals surface area contributed by atoms with E-state index in [-0.39, 0.29) is 11.3 Å². The summed E-state index contributed by atoms with van der Waals surface area (Å²) in [6.07, 6.45) is -0.912. The normalized spacial score (nSPS) is 12.1. The van der Waals surface area contributed by atoms with Crippen molar-refractivity contribution in [2.75, 3.05) is 5.73 Å². The molecule has 0 saturated heterocycles. The Bertz CT molecular complexity index is 972. The number of aryl methyl sites for hydroxylation is 2. The summed E-state index contributed by atoms with van der Waals surface area (Å²) in [6.45, 7) is 5.23. The molecule has 0 bridgehead atoms. The summed E-state index contributed by atoms with van der Waals surface area (Å²) in [4.78, 5) is 28.4. The summed E-state index contributed by atoms with van der Waals surface area (Å²) in [5, 5.41) is 0.822. The van der Waals surface area contributed by atoms with Crippen molar-refractivity contribution >= 4 is 28.3 Å². The highest BCUT2D eigenvalue weighted by Crippen LogP contribution is 2.24. The van der Waals surface area contributed by atoms with Gasteiger partial charge >= 0.3 is 5.97 Å². The molecular weight excluding hydrogens is 316 g/mol. The van der Waals surface area contributed by atoms with E-state index in [1.54, 1.807) is 19.1 Å². The lowest BCUT2D eigenvalue weighted by atomic mass is 10.0.